The van der Waals surface area contributed by atoms with Gasteiger partial charge in [-0.15, -0.1) is 0 Å². The molecule has 0 amide bonds. The lowest BCUT2D eigenvalue weighted by atomic mass is 9.97. The van der Waals surface area contributed by atoms with Crippen LogP contribution in [0.15, 0.2) is 42.5 Å². The Morgan fingerprint density at radius 2 is 1.90 bits per heavy atom. The Balaban J connectivity index is 1.81. The predicted octanol–water partition coefficient (Wildman–Crippen LogP) is 3.75. The Morgan fingerprint density at radius 3 is 2.75 bits per heavy atom. The van der Waals surface area contributed by atoms with Crippen molar-refractivity contribution in [1.29, 1.82) is 0 Å². The predicted molar refractivity (Wildman–Crippen MR) is 79.6 cm³/mol. The molecule has 0 N–H and O–H groups in total. The van der Waals surface area contributed by atoms with Crippen molar-refractivity contribution in [2.45, 2.75) is 25.7 Å². The van der Waals surface area contributed by atoms with Gasteiger partial charge in [0.25, 0.3) is 0 Å². The molecule has 0 saturated carbocycles. The number of aryl methyl sites for hydroxylation is 1. The van der Waals surface area contributed by atoms with Gasteiger partial charge in [-0.1, -0.05) is 42.5 Å². The lowest BCUT2D eigenvalue weighted by Gasteiger charge is -2.08. The molecule has 1 aliphatic carbocycles. The molecule has 2 heteroatoms. The summed E-state index contributed by atoms with van der Waals surface area (Å²) in [4.78, 5) is 11.2. The third-order valence-corrected chi connectivity index (χ3v) is 4.00. The van der Waals surface area contributed by atoms with E-state index in [4.69, 9.17) is 4.74 Å². The van der Waals surface area contributed by atoms with E-state index >= 15 is 0 Å². The molecule has 0 bridgehead atoms. The van der Waals surface area contributed by atoms with Gasteiger partial charge in [-0.05, 0) is 47.1 Å². The Bertz CT molecular complexity index is 644. The van der Waals surface area contributed by atoms with Crippen molar-refractivity contribution in [1.82, 2.24) is 0 Å². The molecule has 2 aromatic rings. The van der Waals surface area contributed by atoms with Crippen LogP contribution in [-0.4, -0.2) is 13.1 Å². The SMILES string of the molecule is COC(=O)CCCc1cccc2c1Cc1ccccc1-2. The van der Waals surface area contributed by atoms with E-state index in [1.165, 1.54) is 34.9 Å². The van der Waals surface area contributed by atoms with Crippen LogP contribution in [0, 0.1) is 0 Å². The molecule has 0 aliphatic heterocycles. The number of benzene rings is 2. The zero-order valence-electron chi connectivity index (χ0n) is 11.7. The monoisotopic (exact) mass is 266 g/mol. The van der Waals surface area contributed by atoms with Crippen LogP contribution < -0.4 is 0 Å². The molecule has 102 valence electrons. The van der Waals surface area contributed by atoms with Crippen LogP contribution in [-0.2, 0) is 22.4 Å². The van der Waals surface area contributed by atoms with Crippen molar-refractivity contribution >= 4 is 5.97 Å². The van der Waals surface area contributed by atoms with Gasteiger partial charge < -0.3 is 4.74 Å². The summed E-state index contributed by atoms with van der Waals surface area (Å²) in [6, 6.07) is 15.1. The first-order valence-corrected chi connectivity index (χ1v) is 7.05. The number of fused-ring (bicyclic) bond motifs is 3. The summed E-state index contributed by atoms with van der Waals surface area (Å²) in [5, 5.41) is 0. The van der Waals surface area contributed by atoms with Crippen molar-refractivity contribution in [2.24, 2.45) is 0 Å². The van der Waals surface area contributed by atoms with Crippen LogP contribution in [0.3, 0.4) is 0 Å². The maximum atomic E-state index is 11.2. The quantitative estimate of drug-likeness (QED) is 0.672. The minimum atomic E-state index is -0.124. The Morgan fingerprint density at radius 1 is 1.10 bits per heavy atom. The standard InChI is InChI=1S/C18H18O2/c1-20-18(19)11-5-8-13-7-4-10-16-15-9-3-2-6-14(15)12-17(13)16/h2-4,6-7,9-10H,5,8,11-12H2,1H3. The van der Waals surface area contributed by atoms with Crippen LogP contribution in [0.4, 0.5) is 0 Å². The molecule has 0 heterocycles. The molecule has 1 aliphatic rings. The number of methoxy groups -OCH3 is 1. The first kappa shape index (κ1) is 12.9. The van der Waals surface area contributed by atoms with Crippen LogP contribution in [0.5, 0.6) is 0 Å². The maximum Gasteiger partial charge on any atom is 0.305 e. The third-order valence-electron chi connectivity index (χ3n) is 4.00. The molecule has 0 spiro atoms. The second-order valence-corrected chi connectivity index (χ2v) is 5.21. The smallest absolute Gasteiger partial charge is 0.305 e. The van der Waals surface area contributed by atoms with Gasteiger partial charge in [-0.3, -0.25) is 4.79 Å². The summed E-state index contributed by atoms with van der Waals surface area (Å²) in [5.74, 6) is -0.124. The number of carbonyl (C=O) groups excluding carboxylic acids is 1. The summed E-state index contributed by atoms with van der Waals surface area (Å²) in [5.41, 5.74) is 6.91. The normalized spacial score (nSPS) is 11.8. The molecule has 2 nitrogen and oxygen atoms in total. The maximum absolute atomic E-state index is 11.2. The second kappa shape index (κ2) is 5.49. The first-order chi connectivity index (χ1) is 9.79. The van der Waals surface area contributed by atoms with Gasteiger partial charge in [0.1, 0.15) is 0 Å². The Hall–Kier alpha value is -2.09. The highest BCUT2D eigenvalue weighted by atomic mass is 16.5. The highest BCUT2D eigenvalue weighted by molar-refractivity contribution is 5.77. The van der Waals surface area contributed by atoms with Crippen molar-refractivity contribution < 1.29 is 9.53 Å². The number of hydrogen-bond donors (Lipinski definition) is 0. The average Bonchev–Trinajstić information content (AvgIpc) is 2.86. The summed E-state index contributed by atoms with van der Waals surface area (Å²) in [6.07, 6.45) is 3.29. The van der Waals surface area contributed by atoms with E-state index in [0.29, 0.717) is 6.42 Å². The molecule has 0 unspecified atom stereocenters. The first-order valence-electron chi connectivity index (χ1n) is 7.05. The van der Waals surface area contributed by atoms with Crippen LogP contribution >= 0.6 is 0 Å². The zero-order valence-corrected chi connectivity index (χ0v) is 11.7. The lowest BCUT2D eigenvalue weighted by molar-refractivity contribution is -0.140. The summed E-state index contributed by atoms with van der Waals surface area (Å²) < 4.78 is 4.69. The highest BCUT2D eigenvalue weighted by Gasteiger charge is 2.19. The van der Waals surface area contributed by atoms with Gasteiger partial charge in [0.15, 0.2) is 0 Å². The summed E-state index contributed by atoms with van der Waals surface area (Å²) in [7, 11) is 1.44. The van der Waals surface area contributed by atoms with Gasteiger partial charge in [0, 0.05) is 6.42 Å². The molecular weight excluding hydrogens is 248 g/mol. The number of rotatable bonds is 4. The molecule has 3 rings (SSSR count). The molecule has 0 radical (unpaired) electrons. The zero-order chi connectivity index (χ0) is 13.9. The van der Waals surface area contributed by atoms with Crippen molar-refractivity contribution in [3.63, 3.8) is 0 Å². The Labute approximate surface area is 119 Å². The molecule has 0 fully saturated rings. The number of esters is 1. The van der Waals surface area contributed by atoms with Crippen LogP contribution in [0.2, 0.25) is 0 Å². The fraction of sp³-hybridized carbons (Fsp3) is 0.278. The lowest BCUT2D eigenvalue weighted by Crippen LogP contribution is -2.01. The number of hydrogen-bond acceptors (Lipinski definition) is 2. The molecule has 0 saturated heterocycles. The third kappa shape index (κ3) is 2.34. The fourth-order valence-corrected chi connectivity index (χ4v) is 2.98. The largest absolute Gasteiger partial charge is 0.469 e. The van der Waals surface area contributed by atoms with E-state index in [1.807, 2.05) is 0 Å². The van der Waals surface area contributed by atoms with Crippen LogP contribution in [0.25, 0.3) is 11.1 Å². The minimum Gasteiger partial charge on any atom is -0.469 e. The van der Waals surface area contributed by atoms with E-state index in [9.17, 15) is 4.79 Å². The van der Waals surface area contributed by atoms with Crippen molar-refractivity contribution in [3.8, 4) is 11.1 Å². The molecule has 2 aromatic carbocycles. The van der Waals surface area contributed by atoms with E-state index < -0.39 is 0 Å². The highest BCUT2D eigenvalue weighted by Crippen LogP contribution is 2.38. The number of carbonyl (C=O) groups is 1. The Kier molecular flexibility index (Phi) is 3.55. The second-order valence-electron chi connectivity index (χ2n) is 5.21. The van der Waals surface area contributed by atoms with Gasteiger partial charge in [-0.25, -0.2) is 0 Å². The average molecular weight is 266 g/mol. The molecule has 0 aromatic heterocycles. The molecule has 20 heavy (non-hydrogen) atoms. The molecular formula is C18H18O2. The van der Waals surface area contributed by atoms with Crippen LogP contribution in [0.1, 0.15) is 29.5 Å². The van der Waals surface area contributed by atoms with E-state index in [1.54, 1.807) is 0 Å². The van der Waals surface area contributed by atoms with Crippen molar-refractivity contribution in [2.75, 3.05) is 7.11 Å². The van der Waals surface area contributed by atoms with Gasteiger partial charge >= 0.3 is 5.97 Å². The number of ether oxygens (including phenoxy) is 1. The van der Waals surface area contributed by atoms with E-state index in [-0.39, 0.29) is 5.97 Å². The molecule has 0 atom stereocenters. The summed E-state index contributed by atoms with van der Waals surface area (Å²) >= 11 is 0. The minimum absolute atomic E-state index is 0.124. The van der Waals surface area contributed by atoms with E-state index in [0.717, 1.165) is 19.3 Å². The fourth-order valence-electron chi connectivity index (χ4n) is 2.98. The van der Waals surface area contributed by atoms with E-state index in [2.05, 4.69) is 42.5 Å². The van der Waals surface area contributed by atoms with Gasteiger partial charge in [-0.2, -0.15) is 0 Å². The topological polar surface area (TPSA) is 26.3 Å². The van der Waals surface area contributed by atoms with Gasteiger partial charge in [0.05, 0.1) is 7.11 Å². The van der Waals surface area contributed by atoms with Crippen molar-refractivity contribution in [3.05, 3.63) is 59.2 Å². The summed E-state index contributed by atoms with van der Waals surface area (Å²) in [6.45, 7) is 0. The van der Waals surface area contributed by atoms with Gasteiger partial charge in [0.2, 0.25) is 0 Å².